The van der Waals surface area contributed by atoms with Gasteiger partial charge >= 0.3 is 0 Å². The highest BCUT2D eigenvalue weighted by atomic mass is 16.5. The Bertz CT molecular complexity index is 866. The number of hydrogen-bond donors (Lipinski definition) is 1. The van der Waals surface area contributed by atoms with Crippen molar-refractivity contribution in [2.24, 2.45) is 0 Å². The molecule has 1 N–H and O–H groups in total. The predicted octanol–water partition coefficient (Wildman–Crippen LogP) is 3.01. The lowest BCUT2D eigenvalue weighted by Crippen LogP contribution is -2.27. The molecule has 1 aromatic heterocycles. The van der Waals surface area contributed by atoms with Crippen LogP contribution in [-0.2, 0) is 11.3 Å². The molecule has 5 nitrogen and oxygen atoms in total. The van der Waals surface area contributed by atoms with Crippen molar-refractivity contribution < 1.29 is 9.53 Å². The summed E-state index contributed by atoms with van der Waals surface area (Å²) in [4.78, 5) is 16.9. The second kappa shape index (κ2) is 7.00. The van der Waals surface area contributed by atoms with E-state index in [2.05, 4.69) is 11.9 Å². The van der Waals surface area contributed by atoms with E-state index in [9.17, 15) is 4.79 Å². The third-order valence-corrected chi connectivity index (χ3v) is 3.75. The van der Waals surface area contributed by atoms with E-state index >= 15 is 0 Å². The maximum atomic E-state index is 12.2. The van der Waals surface area contributed by atoms with E-state index in [1.165, 1.54) is 0 Å². The van der Waals surface area contributed by atoms with Gasteiger partial charge in [0.2, 0.25) is 5.91 Å². The van der Waals surface area contributed by atoms with Crippen molar-refractivity contribution in [3.8, 4) is 17.1 Å². The van der Waals surface area contributed by atoms with Crippen LogP contribution in [0, 0.1) is 0 Å². The van der Waals surface area contributed by atoms with Crippen LogP contribution in [0.2, 0.25) is 0 Å². The molecule has 0 aliphatic rings. The molecule has 3 aromatic rings. The zero-order valence-electron chi connectivity index (χ0n) is 13.5. The maximum Gasteiger partial charge on any atom is 0.240 e. The van der Waals surface area contributed by atoms with Gasteiger partial charge in [-0.15, -0.1) is 6.58 Å². The number of methoxy groups -OCH3 is 1. The Kier molecular flexibility index (Phi) is 4.61. The molecule has 0 spiro atoms. The van der Waals surface area contributed by atoms with E-state index < -0.39 is 0 Å². The van der Waals surface area contributed by atoms with Crippen molar-refractivity contribution >= 4 is 16.9 Å². The number of aromatic nitrogens is 2. The Balaban J connectivity index is 2.03. The molecule has 5 heteroatoms. The summed E-state index contributed by atoms with van der Waals surface area (Å²) in [5.74, 6) is 1.46. The molecule has 0 aliphatic carbocycles. The van der Waals surface area contributed by atoms with Crippen molar-refractivity contribution in [3.63, 3.8) is 0 Å². The van der Waals surface area contributed by atoms with Crippen molar-refractivity contribution in [1.82, 2.24) is 14.9 Å². The Morgan fingerprint density at radius 3 is 2.71 bits per heavy atom. The molecule has 1 heterocycles. The number of rotatable bonds is 6. The summed E-state index contributed by atoms with van der Waals surface area (Å²) >= 11 is 0. The predicted molar refractivity (Wildman–Crippen MR) is 94.9 cm³/mol. The van der Waals surface area contributed by atoms with Crippen molar-refractivity contribution in [2.75, 3.05) is 13.7 Å². The van der Waals surface area contributed by atoms with Crippen LogP contribution in [0.3, 0.4) is 0 Å². The van der Waals surface area contributed by atoms with Crippen LogP contribution in [0.4, 0.5) is 0 Å². The van der Waals surface area contributed by atoms with Gasteiger partial charge in [-0.25, -0.2) is 4.98 Å². The molecule has 0 unspecified atom stereocenters. The summed E-state index contributed by atoms with van der Waals surface area (Å²) in [5, 5.41) is 2.81. The van der Waals surface area contributed by atoms with Gasteiger partial charge in [-0.3, -0.25) is 4.79 Å². The number of hydrogen-bond acceptors (Lipinski definition) is 3. The summed E-state index contributed by atoms with van der Waals surface area (Å²) in [6.45, 7) is 4.27. The summed E-state index contributed by atoms with van der Waals surface area (Å²) in [5.41, 5.74) is 2.72. The topological polar surface area (TPSA) is 56.2 Å². The Labute approximate surface area is 140 Å². The molecule has 0 saturated carbocycles. The van der Waals surface area contributed by atoms with Crippen molar-refractivity contribution in [3.05, 3.63) is 61.2 Å². The number of fused-ring (bicyclic) bond motifs is 1. The number of carbonyl (C=O) groups excluding carboxylic acids is 1. The van der Waals surface area contributed by atoms with E-state index in [0.29, 0.717) is 6.54 Å². The van der Waals surface area contributed by atoms with E-state index in [1.54, 1.807) is 13.2 Å². The number of benzene rings is 2. The van der Waals surface area contributed by atoms with E-state index in [-0.39, 0.29) is 12.5 Å². The summed E-state index contributed by atoms with van der Waals surface area (Å²) < 4.78 is 7.13. The summed E-state index contributed by atoms with van der Waals surface area (Å²) in [6, 6.07) is 15.5. The standard InChI is InChI=1S/C19H19N3O2/c1-3-12-20-18(23)13-22-17-7-5-4-6-16(17)21-19(22)14-8-10-15(24-2)11-9-14/h3-11H,1,12-13H2,2H3,(H,20,23). The molecule has 0 radical (unpaired) electrons. The molecule has 2 aromatic carbocycles. The second-order valence-electron chi connectivity index (χ2n) is 5.33. The van der Waals surface area contributed by atoms with Gasteiger partial charge in [0.15, 0.2) is 0 Å². The number of ether oxygens (including phenoxy) is 1. The summed E-state index contributed by atoms with van der Waals surface area (Å²) in [7, 11) is 1.63. The number of nitrogens with one attached hydrogen (secondary N) is 1. The molecular weight excluding hydrogens is 302 g/mol. The van der Waals surface area contributed by atoms with Crippen LogP contribution in [0.15, 0.2) is 61.2 Å². The van der Waals surface area contributed by atoms with Gasteiger partial charge in [-0.1, -0.05) is 18.2 Å². The van der Waals surface area contributed by atoms with Crippen LogP contribution in [-0.4, -0.2) is 29.1 Å². The zero-order chi connectivity index (χ0) is 16.9. The first-order chi connectivity index (χ1) is 11.7. The van der Waals surface area contributed by atoms with Gasteiger partial charge in [0, 0.05) is 12.1 Å². The smallest absolute Gasteiger partial charge is 0.240 e. The lowest BCUT2D eigenvalue weighted by molar-refractivity contribution is -0.121. The van der Waals surface area contributed by atoms with Crippen LogP contribution >= 0.6 is 0 Å². The Morgan fingerprint density at radius 1 is 1.25 bits per heavy atom. The molecule has 0 bridgehead atoms. The van der Waals surface area contributed by atoms with Gasteiger partial charge in [0.1, 0.15) is 18.1 Å². The molecule has 1 amide bonds. The van der Waals surface area contributed by atoms with Gasteiger partial charge in [-0.2, -0.15) is 0 Å². The first kappa shape index (κ1) is 15.8. The molecule has 122 valence electrons. The largest absolute Gasteiger partial charge is 0.497 e. The molecule has 0 atom stereocenters. The minimum absolute atomic E-state index is 0.0761. The second-order valence-corrected chi connectivity index (χ2v) is 5.33. The third-order valence-electron chi connectivity index (χ3n) is 3.75. The molecular formula is C19H19N3O2. The minimum atomic E-state index is -0.0761. The van der Waals surface area contributed by atoms with Crippen LogP contribution in [0.5, 0.6) is 5.75 Å². The number of imidazole rings is 1. The Morgan fingerprint density at radius 2 is 2.00 bits per heavy atom. The Hall–Kier alpha value is -3.08. The SMILES string of the molecule is C=CCNC(=O)Cn1c(-c2ccc(OC)cc2)nc2ccccc21. The highest BCUT2D eigenvalue weighted by molar-refractivity contribution is 5.84. The zero-order valence-corrected chi connectivity index (χ0v) is 13.5. The van der Waals surface area contributed by atoms with Crippen LogP contribution < -0.4 is 10.1 Å². The molecule has 0 fully saturated rings. The lowest BCUT2D eigenvalue weighted by Gasteiger charge is -2.10. The monoisotopic (exact) mass is 321 g/mol. The minimum Gasteiger partial charge on any atom is -0.497 e. The van der Waals surface area contributed by atoms with E-state index in [4.69, 9.17) is 9.72 Å². The first-order valence-corrected chi connectivity index (χ1v) is 7.70. The third kappa shape index (κ3) is 3.15. The fourth-order valence-electron chi connectivity index (χ4n) is 2.58. The highest BCUT2D eigenvalue weighted by Gasteiger charge is 2.14. The lowest BCUT2D eigenvalue weighted by atomic mass is 10.2. The van der Waals surface area contributed by atoms with Gasteiger partial charge in [-0.05, 0) is 36.4 Å². The highest BCUT2D eigenvalue weighted by Crippen LogP contribution is 2.26. The fourth-order valence-corrected chi connectivity index (χ4v) is 2.58. The fraction of sp³-hybridized carbons (Fsp3) is 0.158. The van der Waals surface area contributed by atoms with Gasteiger partial charge in [0.05, 0.1) is 18.1 Å². The van der Waals surface area contributed by atoms with E-state index in [1.807, 2.05) is 53.1 Å². The van der Waals surface area contributed by atoms with Gasteiger partial charge in [0.25, 0.3) is 0 Å². The average Bonchev–Trinajstić information content (AvgIpc) is 2.98. The molecule has 0 aliphatic heterocycles. The normalized spacial score (nSPS) is 10.5. The molecule has 0 saturated heterocycles. The van der Waals surface area contributed by atoms with Crippen molar-refractivity contribution in [1.29, 1.82) is 0 Å². The number of carbonyl (C=O) groups is 1. The first-order valence-electron chi connectivity index (χ1n) is 7.70. The van der Waals surface area contributed by atoms with E-state index in [0.717, 1.165) is 28.2 Å². The molecule has 3 rings (SSSR count). The van der Waals surface area contributed by atoms with Crippen LogP contribution in [0.25, 0.3) is 22.4 Å². The molecule has 24 heavy (non-hydrogen) atoms. The number of nitrogens with zero attached hydrogens (tertiary/aromatic N) is 2. The number of amides is 1. The quantitative estimate of drug-likeness (QED) is 0.710. The van der Waals surface area contributed by atoms with Crippen LogP contribution in [0.1, 0.15) is 0 Å². The number of para-hydroxylation sites is 2. The van der Waals surface area contributed by atoms with Gasteiger partial charge < -0.3 is 14.6 Å². The average molecular weight is 321 g/mol. The maximum absolute atomic E-state index is 12.2. The van der Waals surface area contributed by atoms with Crippen molar-refractivity contribution in [2.45, 2.75) is 6.54 Å². The summed E-state index contributed by atoms with van der Waals surface area (Å²) in [6.07, 6.45) is 1.66.